The molecule has 0 spiro atoms. The van der Waals surface area contributed by atoms with Gasteiger partial charge in [-0.1, -0.05) is 181 Å². The van der Waals surface area contributed by atoms with Crippen LogP contribution in [0, 0.1) is 0 Å². The molecule has 0 aliphatic heterocycles. The van der Waals surface area contributed by atoms with Gasteiger partial charge in [-0.25, -0.2) is 0 Å². The Hall–Kier alpha value is 0.130. The number of hydrogen-bond acceptors (Lipinski definition) is 4. The van der Waals surface area contributed by atoms with Crippen LogP contribution in [-0.4, -0.2) is 45.7 Å². The number of ether oxygens (including phenoxy) is 3. The van der Waals surface area contributed by atoms with Gasteiger partial charge in [0.2, 0.25) is 0 Å². The van der Waals surface area contributed by atoms with Gasteiger partial charge in [-0.3, -0.25) is 0 Å². The highest BCUT2D eigenvalue weighted by Crippen LogP contribution is 2.14. The molecule has 0 amide bonds. The van der Waals surface area contributed by atoms with E-state index in [-0.39, 0.29) is 18.5 Å². The maximum absolute atomic E-state index is 6.09. The Labute approximate surface area is 283 Å². The lowest BCUT2D eigenvalue weighted by molar-refractivity contribution is -0.0614. The van der Waals surface area contributed by atoms with Crippen molar-refractivity contribution in [3.05, 3.63) is 0 Å². The quantitative estimate of drug-likeness (QED) is 0.0674. The predicted molar refractivity (Wildman–Crippen MR) is 198 cm³/mol. The van der Waals surface area contributed by atoms with Gasteiger partial charge in [0.25, 0.3) is 0 Å². The van der Waals surface area contributed by atoms with Crippen LogP contribution in [0.5, 0.6) is 0 Å². The molecule has 0 saturated carbocycles. The normalized spacial score (nSPS) is 11.5. The van der Waals surface area contributed by atoms with Crippen LogP contribution in [0.25, 0.3) is 0 Å². The topological polar surface area (TPSA) is 53.7 Å². The monoisotopic (exact) mass is 648 g/mol. The standard InChI is InChI=1S/C39H81NO3.ClH/c1-3-5-7-9-11-13-15-17-19-21-23-25-27-30-34-41-37-39(43-36-32-29-33-40)38-42-35-31-28-26-24-22-20-18-16-14-12-10-8-6-4-2;/h39H,3-38,40H2,1-2H3;1H. The first-order valence-electron chi connectivity index (χ1n) is 19.8. The van der Waals surface area contributed by atoms with Crippen molar-refractivity contribution in [1.29, 1.82) is 0 Å². The zero-order valence-electron chi connectivity index (χ0n) is 30.2. The van der Waals surface area contributed by atoms with Gasteiger partial charge in [-0.15, -0.1) is 12.4 Å². The second-order valence-corrected chi connectivity index (χ2v) is 13.3. The molecule has 44 heavy (non-hydrogen) atoms. The average molecular weight is 649 g/mol. The molecule has 268 valence electrons. The zero-order chi connectivity index (χ0) is 31.2. The van der Waals surface area contributed by atoms with Gasteiger partial charge in [0, 0.05) is 19.8 Å². The Morgan fingerprint density at radius 1 is 0.364 bits per heavy atom. The van der Waals surface area contributed by atoms with E-state index in [9.17, 15) is 0 Å². The third-order valence-electron chi connectivity index (χ3n) is 8.84. The van der Waals surface area contributed by atoms with E-state index in [1.165, 1.54) is 167 Å². The smallest absolute Gasteiger partial charge is 0.104 e. The molecule has 2 N–H and O–H groups in total. The molecule has 0 fully saturated rings. The second kappa shape index (κ2) is 43.1. The minimum atomic E-state index is 0. The van der Waals surface area contributed by atoms with Gasteiger partial charge in [-0.2, -0.15) is 0 Å². The van der Waals surface area contributed by atoms with Crippen LogP contribution in [-0.2, 0) is 14.2 Å². The first kappa shape index (κ1) is 46.2. The van der Waals surface area contributed by atoms with Gasteiger partial charge in [-0.05, 0) is 32.2 Å². The largest absolute Gasteiger partial charge is 0.379 e. The van der Waals surface area contributed by atoms with Crippen LogP contribution >= 0.6 is 12.4 Å². The van der Waals surface area contributed by atoms with Crippen LogP contribution in [0.3, 0.4) is 0 Å². The van der Waals surface area contributed by atoms with Gasteiger partial charge in [0.1, 0.15) is 6.10 Å². The highest BCUT2D eigenvalue weighted by atomic mass is 35.5. The number of rotatable bonds is 39. The SMILES string of the molecule is CCCCCCCCCCCCCCCCOCC(COCCCCCCCCCCCCCCCC)OCCCCN.Cl. The molecule has 0 aromatic rings. The van der Waals surface area contributed by atoms with E-state index in [0.717, 1.165) is 52.0 Å². The number of nitrogens with two attached hydrogens (primary N) is 1. The minimum absolute atomic E-state index is 0. The average Bonchev–Trinajstić information content (AvgIpc) is 3.02. The molecule has 0 aliphatic rings. The fraction of sp³-hybridized carbons (Fsp3) is 1.00. The van der Waals surface area contributed by atoms with Crippen LogP contribution in [0.2, 0.25) is 0 Å². The summed E-state index contributed by atoms with van der Waals surface area (Å²) in [5.74, 6) is 0. The maximum Gasteiger partial charge on any atom is 0.104 e. The molecule has 0 aromatic heterocycles. The summed E-state index contributed by atoms with van der Waals surface area (Å²) in [6.45, 7) is 9.08. The summed E-state index contributed by atoms with van der Waals surface area (Å²) in [6, 6.07) is 0. The summed E-state index contributed by atoms with van der Waals surface area (Å²) in [5.41, 5.74) is 5.65. The van der Waals surface area contributed by atoms with Crippen molar-refractivity contribution < 1.29 is 14.2 Å². The van der Waals surface area contributed by atoms with Gasteiger partial charge < -0.3 is 19.9 Å². The number of hydrogen-bond donors (Lipinski definition) is 1. The van der Waals surface area contributed by atoms with E-state index in [1.807, 2.05) is 0 Å². The minimum Gasteiger partial charge on any atom is -0.379 e. The maximum atomic E-state index is 6.09. The molecule has 0 aliphatic carbocycles. The van der Waals surface area contributed by atoms with Crippen LogP contribution in [0.1, 0.15) is 206 Å². The fourth-order valence-corrected chi connectivity index (χ4v) is 5.87. The molecule has 0 aromatic carbocycles. The van der Waals surface area contributed by atoms with Crippen molar-refractivity contribution in [2.75, 3.05) is 39.6 Å². The first-order valence-corrected chi connectivity index (χ1v) is 19.8. The third-order valence-corrected chi connectivity index (χ3v) is 8.84. The molecule has 0 radical (unpaired) electrons. The fourth-order valence-electron chi connectivity index (χ4n) is 5.87. The highest BCUT2D eigenvalue weighted by molar-refractivity contribution is 5.85. The molecule has 0 rings (SSSR count). The molecular weight excluding hydrogens is 566 g/mol. The number of unbranched alkanes of at least 4 members (excludes halogenated alkanes) is 27. The second-order valence-electron chi connectivity index (χ2n) is 13.3. The molecule has 0 heterocycles. The summed E-state index contributed by atoms with van der Waals surface area (Å²) in [4.78, 5) is 0. The van der Waals surface area contributed by atoms with Crippen LogP contribution in [0.15, 0.2) is 0 Å². The highest BCUT2D eigenvalue weighted by Gasteiger charge is 2.10. The Bertz CT molecular complexity index is 446. The summed E-state index contributed by atoms with van der Waals surface area (Å²) in [6.07, 6.45) is 41.0. The molecule has 0 unspecified atom stereocenters. The Kier molecular flexibility index (Phi) is 45.3. The van der Waals surface area contributed by atoms with Crippen molar-refractivity contribution in [2.24, 2.45) is 5.73 Å². The van der Waals surface area contributed by atoms with Gasteiger partial charge >= 0.3 is 0 Å². The molecule has 0 bridgehead atoms. The van der Waals surface area contributed by atoms with Crippen LogP contribution in [0.4, 0.5) is 0 Å². The van der Waals surface area contributed by atoms with Gasteiger partial charge in [0.05, 0.1) is 13.2 Å². The molecular formula is C39H82ClNO3. The predicted octanol–water partition coefficient (Wildman–Crippen LogP) is 12.5. The lowest BCUT2D eigenvalue weighted by atomic mass is 10.0. The van der Waals surface area contributed by atoms with Gasteiger partial charge in [0.15, 0.2) is 0 Å². The van der Waals surface area contributed by atoms with E-state index in [4.69, 9.17) is 19.9 Å². The summed E-state index contributed by atoms with van der Waals surface area (Å²) in [5, 5.41) is 0. The van der Waals surface area contributed by atoms with Crippen molar-refractivity contribution in [2.45, 2.75) is 213 Å². The molecule has 0 atom stereocenters. The Morgan fingerprint density at radius 3 is 0.932 bits per heavy atom. The summed E-state index contributed by atoms with van der Waals surface area (Å²) >= 11 is 0. The van der Waals surface area contributed by atoms with Crippen LogP contribution < -0.4 is 5.73 Å². The summed E-state index contributed by atoms with van der Waals surface area (Å²) in [7, 11) is 0. The lowest BCUT2D eigenvalue weighted by Gasteiger charge is -2.18. The van der Waals surface area contributed by atoms with E-state index < -0.39 is 0 Å². The van der Waals surface area contributed by atoms with E-state index in [0.29, 0.717) is 13.2 Å². The Balaban J connectivity index is 0. The van der Waals surface area contributed by atoms with E-state index in [1.54, 1.807) is 0 Å². The van der Waals surface area contributed by atoms with E-state index >= 15 is 0 Å². The molecule has 4 nitrogen and oxygen atoms in total. The third kappa shape index (κ3) is 40.2. The van der Waals surface area contributed by atoms with E-state index in [2.05, 4.69) is 13.8 Å². The molecule has 0 saturated heterocycles. The van der Waals surface area contributed by atoms with Crippen molar-refractivity contribution in [3.8, 4) is 0 Å². The molecule has 5 heteroatoms. The van der Waals surface area contributed by atoms with Crippen molar-refractivity contribution in [3.63, 3.8) is 0 Å². The zero-order valence-corrected chi connectivity index (χ0v) is 31.1. The lowest BCUT2D eigenvalue weighted by Crippen LogP contribution is -2.27. The van der Waals surface area contributed by atoms with Crippen molar-refractivity contribution >= 4 is 12.4 Å². The number of halogens is 1. The Morgan fingerprint density at radius 2 is 0.636 bits per heavy atom. The summed E-state index contributed by atoms with van der Waals surface area (Å²) < 4.78 is 18.1. The van der Waals surface area contributed by atoms with Crippen molar-refractivity contribution in [1.82, 2.24) is 0 Å². The first-order chi connectivity index (χ1) is 21.3.